The van der Waals surface area contributed by atoms with Crippen LogP contribution in [-0.4, -0.2) is 10.9 Å². The summed E-state index contributed by atoms with van der Waals surface area (Å²) in [5, 5.41) is 6.09. The molecule has 1 aromatic heterocycles. The van der Waals surface area contributed by atoms with Crippen LogP contribution in [0, 0.1) is 0 Å². The van der Waals surface area contributed by atoms with E-state index in [-0.39, 0.29) is 5.91 Å². The normalized spacial score (nSPS) is 9.95. The molecule has 0 saturated heterocycles. The Kier molecular flexibility index (Phi) is 4.50. The SMILES string of the molecule is CCC(=O)Nc1ccc(NCc2ccccn2)cc1. The summed E-state index contributed by atoms with van der Waals surface area (Å²) < 4.78 is 0. The van der Waals surface area contributed by atoms with Gasteiger partial charge in [-0.05, 0) is 36.4 Å². The highest BCUT2D eigenvalue weighted by molar-refractivity contribution is 5.90. The molecule has 1 aromatic carbocycles. The molecule has 0 atom stereocenters. The highest BCUT2D eigenvalue weighted by Gasteiger charge is 1.99. The maximum Gasteiger partial charge on any atom is 0.224 e. The van der Waals surface area contributed by atoms with Crippen LogP contribution in [0.2, 0.25) is 0 Å². The Bertz CT molecular complexity index is 523. The van der Waals surface area contributed by atoms with Crippen molar-refractivity contribution in [1.82, 2.24) is 4.98 Å². The van der Waals surface area contributed by atoms with E-state index in [1.165, 1.54) is 0 Å². The number of aromatic nitrogens is 1. The van der Waals surface area contributed by atoms with Crippen molar-refractivity contribution in [3.63, 3.8) is 0 Å². The van der Waals surface area contributed by atoms with Gasteiger partial charge >= 0.3 is 0 Å². The predicted octanol–water partition coefficient (Wildman–Crippen LogP) is 3.04. The number of carbonyl (C=O) groups excluding carboxylic acids is 1. The van der Waals surface area contributed by atoms with Crippen LogP contribution in [-0.2, 0) is 11.3 Å². The first-order valence-corrected chi connectivity index (χ1v) is 6.31. The minimum atomic E-state index is 0.0224. The molecule has 1 heterocycles. The second-order valence-electron chi connectivity index (χ2n) is 4.15. The second kappa shape index (κ2) is 6.54. The third-order valence-electron chi connectivity index (χ3n) is 2.69. The number of nitrogens with zero attached hydrogens (tertiary/aromatic N) is 1. The zero-order valence-corrected chi connectivity index (χ0v) is 10.9. The lowest BCUT2D eigenvalue weighted by atomic mass is 10.2. The molecular formula is C15H17N3O. The van der Waals surface area contributed by atoms with Crippen LogP contribution in [0.4, 0.5) is 11.4 Å². The third-order valence-corrected chi connectivity index (χ3v) is 2.69. The summed E-state index contributed by atoms with van der Waals surface area (Å²) in [6, 6.07) is 13.5. The lowest BCUT2D eigenvalue weighted by molar-refractivity contribution is -0.115. The average molecular weight is 255 g/mol. The van der Waals surface area contributed by atoms with Crippen molar-refractivity contribution in [1.29, 1.82) is 0 Å². The minimum absolute atomic E-state index is 0.0224. The van der Waals surface area contributed by atoms with E-state index >= 15 is 0 Å². The number of hydrogen-bond acceptors (Lipinski definition) is 3. The summed E-state index contributed by atoms with van der Waals surface area (Å²) in [5.41, 5.74) is 2.81. The van der Waals surface area contributed by atoms with Crippen molar-refractivity contribution in [3.8, 4) is 0 Å². The van der Waals surface area contributed by atoms with Crippen molar-refractivity contribution in [3.05, 3.63) is 54.4 Å². The predicted molar refractivity (Wildman–Crippen MR) is 76.9 cm³/mol. The molecule has 2 aromatic rings. The first-order chi connectivity index (χ1) is 9.28. The number of amides is 1. The molecule has 0 unspecified atom stereocenters. The fraction of sp³-hybridized carbons (Fsp3) is 0.200. The number of nitrogens with one attached hydrogen (secondary N) is 2. The van der Waals surface area contributed by atoms with Crippen LogP contribution in [0.15, 0.2) is 48.7 Å². The van der Waals surface area contributed by atoms with Crippen LogP contribution >= 0.6 is 0 Å². The van der Waals surface area contributed by atoms with Gasteiger partial charge in [0, 0.05) is 24.0 Å². The first-order valence-electron chi connectivity index (χ1n) is 6.31. The van der Waals surface area contributed by atoms with Crippen LogP contribution in [0.5, 0.6) is 0 Å². The van der Waals surface area contributed by atoms with Gasteiger partial charge in [0.25, 0.3) is 0 Å². The molecule has 2 N–H and O–H groups in total. The van der Waals surface area contributed by atoms with Crippen molar-refractivity contribution < 1.29 is 4.79 Å². The monoisotopic (exact) mass is 255 g/mol. The molecule has 0 aliphatic heterocycles. The molecule has 1 amide bonds. The van der Waals surface area contributed by atoms with Crippen molar-refractivity contribution in [2.24, 2.45) is 0 Å². The van der Waals surface area contributed by atoms with Gasteiger partial charge in [-0.15, -0.1) is 0 Å². The molecule has 19 heavy (non-hydrogen) atoms. The van der Waals surface area contributed by atoms with Crippen molar-refractivity contribution >= 4 is 17.3 Å². The van der Waals surface area contributed by atoms with Gasteiger partial charge in [-0.3, -0.25) is 9.78 Å². The Morgan fingerprint density at radius 1 is 1.11 bits per heavy atom. The quantitative estimate of drug-likeness (QED) is 0.863. The van der Waals surface area contributed by atoms with Crippen LogP contribution in [0.25, 0.3) is 0 Å². The highest BCUT2D eigenvalue weighted by atomic mass is 16.1. The smallest absolute Gasteiger partial charge is 0.224 e. The van der Waals surface area contributed by atoms with Gasteiger partial charge in [-0.2, -0.15) is 0 Å². The fourth-order valence-corrected chi connectivity index (χ4v) is 1.62. The molecule has 0 radical (unpaired) electrons. The lowest BCUT2D eigenvalue weighted by Crippen LogP contribution is -2.09. The van der Waals surface area contributed by atoms with Gasteiger partial charge in [0.1, 0.15) is 0 Å². The summed E-state index contributed by atoms with van der Waals surface area (Å²) in [6.07, 6.45) is 2.26. The van der Waals surface area contributed by atoms with Crippen LogP contribution in [0.1, 0.15) is 19.0 Å². The number of benzene rings is 1. The van der Waals surface area contributed by atoms with Crippen LogP contribution in [0.3, 0.4) is 0 Å². The van der Waals surface area contributed by atoms with Gasteiger partial charge in [0.15, 0.2) is 0 Å². The number of carbonyl (C=O) groups is 1. The Labute approximate surface area is 112 Å². The minimum Gasteiger partial charge on any atom is -0.379 e. The largest absolute Gasteiger partial charge is 0.379 e. The number of anilines is 2. The topological polar surface area (TPSA) is 54.0 Å². The zero-order chi connectivity index (χ0) is 13.5. The average Bonchev–Trinajstić information content (AvgIpc) is 2.47. The molecule has 0 bridgehead atoms. The van der Waals surface area contributed by atoms with E-state index in [9.17, 15) is 4.79 Å². The summed E-state index contributed by atoms with van der Waals surface area (Å²) in [6.45, 7) is 2.51. The highest BCUT2D eigenvalue weighted by Crippen LogP contribution is 2.14. The Hall–Kier alpha value is -2.36. The van der Waals surface area contributed by atoms with Crippen molar-refractivity contribution in [2.45, 2.75) is 19.9 Å². The van der Waals surface area contributed by atoms with Gasteiger partial charge in [0.2, 0.25) is 5.91 Å². The molecule has 4 heteroatoms. The number of rotatable bonds is 5. The Balaban J connectivity index is 1.90. The van der Waals surface area contributed by atoms with Gasteiger partial charge in [-0.25, -0.2) is 0 Å². The summed E-state index contributed by atoms with van der Waals surface area (Å²) in [5.74, 6) is 0.0224. The third kappa shape index (κ3) is 4.10. The fourth-order valence-electron chi connectivity index (χ4n) is 1.62. The van der Waals surface area contributed by atoms with Gasteiger partial charge < -0.3 is 10.6 Å². The molecule has 0 fully saturated rings. The molecule has 0 saturated carbocycles. The van der Waals surface area contributed by atoms with Crippen molar-refractivity contribution in [2.75, 3.05) is 10.6 Å². The van der Waals surface area contributed by atoms with E-state index in [1.54, 1.807) is 6.20 Å². The molecule has 0 spiro atoms. The Morgan fingerprint density at radius 3 is 2.47 bits per heavy atom. The number of hydrogen-bond donors (Lipinski definition) is 2. The van der Waals surface area contributed by atoms with E-state index in [1.807, 2.05) is 49.4 Å². The molecule has 0 aliphatic rings. The summed E-state index contributed by atoms with van der Waals surface area (Å²) in [7, 11) is 0. The molecule has 4 nitrogen and oxygen atoms in total. The lowest BCUT2D eigenvalue weighted by Gasteiger charge is -2.08. The standard InChI is InChI=1S/C15H17N3O/c1-2-15(19)18-13-8-6-12(7-9-13)17-11-14-5-3-4-10-16-14/h3-10,17H,2,11H2,1H3,(H,18,19). The van der Waals surface area contributed by atoms with E-state index in [0.29, 0.717) is 13.0 Å². The van der Waals surface area contributed by atoms with E-state index < -0.39 is 0 Å². The second-order valence-corrected chi connectivity index (χ2v) is 4.15. The maximum absolute atomic E-state index is 11.2. The zero-order valence-electron chi connectivity index (χ0n) is 10.9. The molecular weight excluding hydrogens is 238 g/mol. The molecule has 0 aliphatic carbocycles. The number of pyridine rings is 1. The van der Waals surface area contributed by atoms with Gasteiger partial charge in [-0.1, -0.05) is 13.0 Å². The van der Waals surface area contributed by atoms with Gasteiger partial charge in [0.05, 0.1) is 12.2 Å². The van der Waals surface area contributed by atoms with E-state index in [0.717, 1.165) is 17.1 Å². The van der Waals surface area contributed by atoms with E-state index in [4.69, 9.17) is 0 Å². The maximum atomic E-state index is 11.2. The van der Waals surface area contributed by atoms with Crippen LogP contribution < -0.4 is 10.6 Å². The van der Waals surface area contributed by atoms with E-state index in [2.05, 4.69) is 15.6 Å². The molecule has 2 rings (SSSR count). The summed E-state index contributed by atoms with van der Waals surface area (Å²) >= 11 is 0. The first kappa shape index (κ1) is 13.1. The summed E-state index contributed by atoms with van der Waals surface area (Å²) in [4.78, 5) is 15.5. The Morgan fingerprint density at radius 2 is 1.84 bits per heavy atom. The molecule has 98 valence electrons.